The Kier molecular flexibility index (Phi) is 4.54. The van der Waals surface area contributed by atoms with Crippen molar-refractivity contribution in [2.45, 2.75) is 64.0 Å². The first-order valence-corrected chi connectivity index (χ1v) is 6.09. The Morgan fingerprint density at radius 3 is 2.38 bits per heavy atom. The highest BCUT2D eigenvalue weighted by atomic mass is 35.5. The van der Waals surface area contributed by atoms with Gasteiger partial charge in [-0.2, -0.15) is 0 Å². The fraction of sp³-hybridized carbons (Fsp3) is 1.00. The van der Waals surface area contributed by atoms with Crippen molar-refractivity contribution in [3.8, 4) is 0 Å². The fourth-order valence-corrected chi connectivity index (χ4v) is 2.51. The van der Waals surface area contributed by atoms with Crippen molar-refractivity contribution in [1.29, 1.82) is 0 Å². The average molecular weight is 204 g/mol. The number of alkyl halides is 1. The Balaban J connectivity index is 2.47. The Bertz CT molecular complexity index is 141. The van der Waals surface area contributed by atoms with Crippen LogP contribution in [0.3, 0.4) is 0 Å². The first-order chi connectivity index (χ1) is 6.22. The summed E-state index contributed by atoms with van der Waals surface area (Å²) < 4.78 is 0. The molecule has 1 saturated carbocycles. The van der Waals surface area contributed by atoms with E-state index in [2.05, 4.69) is 19.2 Å². The molecule has 0 spiro atoms. The average Bonchev–Trinajstić information content (AvgIpc) is 2.19. The van der Waals surface area contributed by atoms with Crippen molar-refractivity contribution in [2.24, 2.45) is 0 Å². The Morgan fingerprint density at radius 1 is 1.31 bits per heavy atom. The Morgan fingerprint density at radius 2 is 1.92 bits per heavy atom. The lowest BCUT2D eigenvalue weighted by Crippen LogP contribution is -2.52. The van der Waals surface area contributed by atoms with E-state index in [0.29, 0.717) is 6.04 Å². The molecule has 0 bridgehead atoms. The highest BCUT2D eigenvalue weighted by Crippen LogP contribution is 2.29. The van der Waals surface area contributed by atoms with Crippen LogP contribution in [-0.4, -0.2) is 17.5 Å². The van der Waals surface area contributed by atoms with E-state index < -0.39 is 0 Å². The zero-order valence-electron chi connectivity index (χ0n) is 8.91. The highest BCUT2D eigenvalue weighted by molar-refractivity contribution is 6.18. The summed E-state index contributed by atoms with van der Waals surface area (Å²) in [5.74, 6) is 0.775. The van der Waals surface area contributed by atoms with Gasteiger partial charge in [-0.15, -0.1) is 11.6 Å². The molecule has 1 atom stereocenters. The molecular formula is C11H22ClN. The number of rotatable bonds is 4. The first-order valence-electron chi connectivity index (χ1n) is 5.56. The van der Waals surface area contributed by atoms with Crippen LogP contribution in [0, 0.1) is 0 Å². The molecule has 0 amide bonds. The summed E-state index contributed by atoms with van der Waals surface area (Å²) in [6.07, 6.45) is 7.80. The summed E-state index contributed by atoms with van der Waals surface area (Å²) in [5, 5.41) is 3.70. The van der Waals surface area contributed by atoms with Gasteiger partial charge in [-0.1, -0.05) is 26.2 Å². The molecule has 1 aliphatic rings. The van der Waals surface area contributed by atoms with Gasteiger partial charge in [-0.25, -0.2) is 0 Å². The fourth-order valence-electron chi connectivity index (χ4n) is 2.17. The van der Waals surface area contributed by atoms with Gasteiger partial charge in [0, 0.05) is 17.5 Å². The van der Waals surface area contributed by atoms with Gasteiger partial charge in [0.25, 0.3) is 0 Å². The van der Waals surface area contributed by atoms with Crippen molar-refractivity contribution in [3.05, 3.63) is 0 Å². The molecular weight excluding hydrogens is 182 g/mol. The highest BCUT2D eigenvalue weighted by Gasteiger charge is 2.31. The van der Waals surface area contributed by atoms with Gasteiger partial charge in [0.05, 0.1) is 0 Å². The topological polar surface area (TPSA) is 12.0 Å². The summed E-state index contributed by atoms with van der Waals surface area (Å²) in [4.78, 5) is 0. The number of hydrogen-bond acceptors (Lipinski definition) is 1. The molecule has 13 heavy (non-hydrogen) atoms. The normalized spacial score (nSPS) is 24.2. The molecule has 2 heteroatoms. The standard InChI is InChI=1S/C11H22ClN/c1-3-10(2)13-11(9-12)7-5-4-6-8-11/h10,13H,3-9H2,1-2H3. The van der Waals surface area contributed by atoms with E-state index in [4.69, 9.17) is 11.6 Å². The molecule has 0 radical (unpaired) electrons. The van der Waals surface area contributed by atoms with E-state index in [-0.39, 0.29) is 5.54 Å². The van der Waals surface area contributed by atoms with Crippen LogP contribution in [0.25, 0.3) is 0 Å². The largest absolute Gasteiger partial charge is 0.308 e. The van der Waals surface area contributed by atoms with Crippen LogP contribution >= 0.6 is 11.6 Å². The summed E-state index contributed by atoms with van der Waals surface area (Å²) in [5.41, 5.74) is 0.259. The number of halogens is 1. The minimum atomic E-state index is 0.259. The zero-order chi connectivity index (χ0) is 9.73. The lowest BCUT2D eigenvalue weighted by atomic mass is 9.82. The van der Waals surface area contributed by atoms with E-state index in [9.17, 15) is 0 Å². The van der Waals surface area contributed by atoms with Crippen LogP contribution in [0.1, 0.15) is 52.4 Å². The molecule has 1 nitrogen and oxygen atoms in total. The lowest BCUT2D eigenvalue weighted by Gasteiger charge is -2.39. The monoisotopic (exact) mass is 203 g/mol. The van der Waals surface area contributed by atoms with Crippen molar-refractivity contribution in [1.82, 2.24) is 5.32 Å². The van der Waals surface area contributed by atoms with Crippen LogP contribution in [0.5, 0.6) is 0 Å². The van der Waals surface area contributed by atoms with Crippen LogP contribution in [-0.2, 0) is 0 Å². The molecule has 0 heterocycles. The van der Waals surface area contributed by atoms with Gasteiger partial charge in [-0.05, 0) is 26.2 Å². The Labute approximate surface area is 87.2 Å². The van der Waals surface area contributed by atoms with Gasteiger partial charge in [-0.3, -0.25) is 0 Å². The minimum Gasteiger partial charge on any atom is -0.308 e. The van der Waals surface area contributed by atoms with Crippen LogP contribution in [0.4, 0.5) is 0 Å². The van der Waals surface area contributed by atoms with Gasteiger partial charge in [0.2, 0.25) is 0 Å². The molecule has 0 aromatic heterocycles. The zero-order valence-corrected chi connectivity index (χ0v) is 9.66. The number of hydrogen-bond donors (Lipinski definition) is 1. The quantitative estimate of drug-likeness (QED) is 0.692. The maximum atomic E-state index is 6.08. The maximum Gasteiger partial charge on any atom is 0.0406 e. The first kappa shape index (κ1) is 11.3. The third-order valence-electron chi connectivity index (χ3n) is 3.23. The van der Waals surface area contributed by atoms with Crippen LogP contribution in [0.15, 0.2) is 0 Å². The molecule has 78 valence electrons. The van der Waals surface area contributed by atoms with Crippen molar-refractivity contribution in [2.75, 3.05) is 5.88 Å². The van der Waals surface area contributed by atoms with Gasteiger partial charge < -0.3 is 5.32 Å². The molecule has 0 saturated heterocycles. The third-order valence-corrected chi connectivity index (χ3v) is 3.74. The van der Waals surface area contributed by atoms with Crippen molar-refractivity contribution in [3.63, 3.8) is 0 Å². The second-order valence-electron chi connectivity index (χ2n) is 4.43. The SMILES string of the molecule is CCC(C)NC1(CCl)CCCCC1. The van der Waals surface area contributed by atoms with E-state index in [0.717, 1.165) is 5.88 Å². The van der Waals surface area contributed by atoms with Crippen LogP contribution < -0.4 is 5.32 Å². The second kappa shape index (κ2) is 5.21. The molecule has 0 aromatic carbocycles. The molecule has 1 rings (SSSR count). The third kappa shape index (κ3) is 3.14. The second-order valence-corrected chi connectivity index (χ2v) is 4.70. The van der Waals surface area contributed by atoms with E-state index in [1.54, 1.807) is 0 Å². The lowest BCUT2D eigenvalue weighted by molar-refractivity contribution is 0.234. The van der Waals surface area contributed by atoms with E-state index >= 15 is 0 Å². The Hall–Kier alpha value is 0.250. The van der Waals surface area contributed by atoms with E-state index in [1.807, 2.05) is 0 Å². The van der Waals surface area contributed by atoms with Gasteiger partial charge >= 0.3 is 0 Å². The van der Waals surface area contributed by atoms with Gasteiger partial charge in [0.15, 0.2) is 0 Å². The molecule has 1 aliphatic carbocycles. The maximum absolute atomic E-state index is 6.08. The molecule has 0 aromatic rings. The van der Waals surface area contributed by atoms with Crippen molar-refractivity contribution < 1.29 is 0 Å². The predicted octanol–water partition coefficient (Wildman–Crippen LogP) is 3.32. The van der Waals surface area contributed by atoms with E-state index in [1.165, 1.54) is 38.5 Å². The van der Waals surface area contributed by atoms with Crippen molar-refractivity contribution >= 4 is 11.6 Å². The predicted molar refractivity (Wildman–Crippen MR) is 59.4 cm³/mol. The summed E-state index contributed by atoms with van der Waals surface area (Å²) in [6, 6.07) is 0.608. The molecule has 1 fully saturated rings. The summed E-state index contributed by atoms with van der Waals surface area (Å²) in [7, 11) is 0. The smallest absolute Gasteiger partial charge is 0.0406 e. The van der Waals surface area contributed by atoms with Gasteiger partial charge in [0.1, 0.15) is 0 Å². The molecule has 0 aliphatic heterocycles. The minimum absolute atomic E-state index is 0.259. The molecule has 1 unspecified atom stereocenters. The summed E-state index contributed by atoms with van der Waals surface area (Å²) >= 11 is 6.08. The van der Waals surface area contributed by atoms with Crippen LogP contribution in [0.2, 0.25) is 0 Å². The number of nitrogens with one attached hydrogen (secondary N) is 1. The summed E-state index contributed by atoms with van der Waals surface area (Å²) in [6.45, 7) is 4.48. The molecule has 1 N–H and O–H groups in total.